The van der Waals surface area contributed by atoms with E-state index >= 15 is 0 Å². The molecule has 2 rings (SSSR count). The minimum atomic E-state index is 0.772. The maximum Gasteiger partial charge on any atom is 0.121 e. The van der Waals surface area contributed by atoms with Crippen LogP contribution in [0.1, 0.15) is 6.42 Å². The number of fused-ring (bicyclic) bond motifs is 1. The Morgan fingerprint density at radius 2 is 2.29 bits per heavy atom. The number of benzene rings is 1. The molecular formula is C11H13N2O. The minimum Gasteiger partial charge on any atom is -0.385 e. The van der Waals surface area contributed by atoms with E-state index in [1.54, 1.807) is 7.11 Å². The first-order chi connectivity index (χ1) is 6.92. The highest BCUT2D eigenvalue weighted by Crippen LogP contribution is 2.11. The summed E-state index contributed by atoms with van der Waals surface area (Å²) in [6.07, 6.45) is 3.97. The molecule has 0 fully saturated rings. The topological polar surface area (TPSA) is 27.1 Å². The van der Waals surface area contributed by atoms with Crippen molar-refractivity contribution in [2.75, 3.05) is 13.7 Å². The zero-order chi connectivity index (χ0) is 9.80. The Kier molecular flexibility index (Phi) is 2.79. The molecule has 0 aliphatic carbocycles. The van der Waals surface area contributed by atoms with E-state index in [0.29, 0.717) is 0 Å². The summed E-state index contributed by atoms with van der Waals surface area (Å²) in [5, 5.41) is 5.28. The first-order valence-corrected chi connectivity index (χ1v) is 4.74. The van der Waals surface area contributed by atoms with Crippen LogP contribution in [-0.4, -0.2) is 23.5 Å². The zero-order valence-electron chi connectivity index (χ0n) is 8.23. The van der Waals surface area contributed by atoms with Gasteiger partial charge in [0.1, 0.15) is 6.20 Å². The first kappa shape index (κ1) is 9.21. The molecule has 3 heteroatoms. The average molecular weight is 189 g/mol. The molecule has 0 bridgehead atoms. The maximum atomic E-state index is 5.00. The molecule has 3 nitrogen and oxygen atoms in total. The van der Waals surface area contributed by atoms with Crippen LogP contribution in [-0.2, 0) is 11.3 Å². The number of aromatic nitrogens is 2. The number of aryl methyl sites for hydroxylation is 1. The first-order valence-electron chi connectivity index (χ1n) is 4.74. The van der Waals surface area contributed by atoms with Crippen LogP contribution in [0.15, 0.2) is 24.3 Å². The third-order valence-corrected chi connectivity index (χ3v) is 2.19. The number of ether oxygens (including phenoxy) is 1. The molecule has 0 saturated heterocycles. The van der Waals surface area contributed by atoms with E-state index in [9.17, 15) is 0 Å². The normalized spacial score (nSPS) is 10.9. The molecule has 0 amide bonds. The smallest absolute Gasteiger partial charge is 0.121 e. The summed E-state index contributed by atoms with van der Waals surface area (Å²) < 4.78 is 6.97. The van der Waals surface area contributed by atoms with Crippen LogP contribution in [0.5, 0.6) is 0 Å². The van der Waals surface area contributed by atoms with E-state index in [1.165, 1.54) is 0 Å². The number of methoxy groups -OCH3 is 1. The van der Waals surface area contributed by atoms with Crippen molar-refractivity contribution in [3.63, 3.8) is 0 Å². The van der Waals surface area contributed by atoms with Crippen LogP contribution in [0.2, 0.25) is 0 Å². The van der Waals surface area contributed by atoms with Gasteiger partial charge in [-0.25, -0.2) is 0 Å². The molecule has 0 N–H and O–H groups in total. The second kappa shape index (κ2) is 4.24. The predicted octanol–water partition coefficient (Wildman–Crippen LogP) is 1.87. The lowest BCUT2D eigenvalue weighted by Gasteiger charge is -2.02. The summed E-state index contributed by atoms with van der Waals surface area (Å²) in [5.41, 5.74) is 1.14. The molecule has 0 aliphatic heterocycles. The summed E-state index contributed by atoms with van der Waals surface area (Å²) in [5.74, 6) is 0. The number of nitrogens with zero attached hydrogens (tertiary/aromatic N) is 2. The third-order valence-electron chi connectivity index (χ3n) is 2.19. The number of rotatable bonds is 4. The highest BCUT2D eigenvalue weighted by atomic mass is 16.5. The zero-order valence-corrected chi connectivity index (χ0v) is 8.23. The fourth-order valence-corrected chi connectivity index (χ4v) is 1.49. The van der Waals surface area contributed by atoms with Gasteiger partial charge in [-0.15, -0.1) is 0 Å². The van der Waals surface area contributed by atoms with Crippen LogP contribution in [0.4, 0.5) is 0 Å². The van der Waals surface area contributed by atoms with E-state index in [1.807, 2.05) is 22.9 Å². The molecule has 0 unspecified atom stereocenters. The van der Waals surface area contributed by atoms with Crippen molar-refractivity contribution in [2.45, 2.75) is 13.0 Å². The quantitative estimate of drug-likeness (QED) is 0.686. The van der Waals surface area contributed by atoms with Crippen molar-refractivity contribution in [2.24, 2.45) is 0 Å². The Hall–Kier alpha value is -1.35. The Morgan fingerprint density at radius 1 is 1.43 bits per heavy atom. The number of para-hydroxylation sites is 1. The molecule has 1 aromatic heterocycles. The lowest BCUT2D eigenvalue weighted by Crippen LogP contribution is -2.02. The Balaban J connectivity index is 2.17. The summed E-state index contributed by atoms with van der Waals surface area (Å²) in [4.78, 5) is 0. The van der Waals surface area contributed by atoms with E-state index in [2.05, 4.69) is 17.4 Å². The standard InChI is InChI=1S/C11H13N2O/c1-14-8-4-7-13-11-6-3-2-5-10(11)9-12-13/h2-3,5-6H,4,7-8H2,1H3. The van der Waals surface area contributed by atoms with Crippen LogP contribution in [0.25, 0.3) is 10.9 Å². The highest BCUT2D eigenvalue weighted by molar-refractivity contribution is 5.77. The second-order valence-electron chi connectivity index (χ2n) is 3.20. The van der Waals surface area contributed by atoms with E-state index < -0.39 is 0 Å². The van der Waals surface area contributed by atoms with Gasteiger partial charge in [-0.3, -0.25) is 4.68 Å². The molecule has 0 saturated carbocycles. The van der Waals surface area contributed by atoms with E-state index in [4.69, 9.17) is 4.74 Å². The molecule has 1 radical (unpaired) electrons. The van der Waals surface area contributed by atoms with Crippen molar-refractivity contribution in [3.8, 4) is 0 Å². The number of hydrogen-bond donors (Lipinski definition) is 0. The van der Waals surface area contributed by atoms with Gasteiger partial charge >= 0.3 is 0 Å². The van der Waals surface area contributed by atoms with Gasteiger partial charge in [0.05, 0.1) is 5.52 Å². The summed E-state index contributed by atoms with van der Waals surface area (Å²) in [6.45, 7) is 1.66. The summed E-state index contributed by atoms with van der Waals surface area (Å²) >= 11 is 0. The van der Waals surface area contributed by atoms with Gasteiger partial charge in [0.15, 0.2) is 0 Å². The molecule has 0 aliphatic rings. The molecule has 1 aromatic carbocycles. The van der Waals surface area contributed by atoms with Gasteiger partial charge in [-0.2, -0.15) is 5.10 Å². The van der Waals surface area contributed by atoms with Gasteiger partial charge in [0, 0.05) is 25.6 Å². The van der Waals surface area contributed by atoms with Crippen molar-refractivity contribution in [1.29, 1.82) is 0 Å². The fraction of sp³-hybridized carbons (Fsp3) is 0.364. The number of hydrogen-bond acceptors (Lipinski definition) is 2. The largest absolute Gasteiger partial charge is 0.385 e. The van der Waals surface area contributed by atoms with E-state index in [0.717, 1.165) is 30.5 Å². The fourth-order valence-electron chi connectivity index (χ4n) is 1.49. The predicted molar refractivity (Wildman–Crippen MR) is 55.1 cm³/mol. The highest BCUT2D eigenvalue weighted by Gasteiger charge is 2.00. The monoisotopic (exact) mass is 189 g/mol. The second-order valence-corrected chi connectivity index (χ2v) is 3.20. The lowest BCUT2D eigenvalue weighted by atomic mass is 10.2. The Morgan fingerprint density at radius 3 is 3.14 bits per heavy atom. The van der Waals surface area contributed by atoms with E-state index in [-0.39, 0.29) is 0 Å². The molecule has 1 heterocycles. The van der Waals surface area contributed by atoms with Gasteiger partial charge in [-0.05, 0) is 12.5 Å². The maximum absolute atomic E-state index is 5.00. The average Bonchev–Trinajstić information content (AvgIpc) is 2.63. The minimum absolute atomic E-state index is 0.772. The van der Waals surface area contributed by atoms with Gasteiger partial charge in [-0.1, -0.05) is 18.2 Å². The summed E-state index contributed by atoms with van der Waals surface area (Å²) in [6, 6.07) is 8.10. The van der Waals surface area contributed by atoms with Gasteiger partial charge in [0.25, 0.3) is 0 Å². The van der Waals surface area contributed by atoms with Crippen molar-refractivity contribution in [3.05, 3.63) is 30.5 Å². The molecule has 2 aromatic rings. The Labute approximate surface area is 83.3 Å². The summed E-state index contributed by atoms with van der Waals surface area (Å²) in [7, 11) is 1.72. The van der Waals surface area contributed by atoms with Crippen LogP contribution < -0.4 is 0 Å². The molecule has 73 valence electrons. The van der Waals surface area contributed by atoms with Crippen molar-refractivity contribution in [1.82, 2.24) is 9.78 Å². The Bertz CT molecular complexity index is 408. The van der Waals surface area contributed by atoms with Crippen LogP contribution in [0, 0.1) is 6.20 Å². The molecule has 14 heavy (non-hydrogen) atoms. The lowest BCUT2D eigenvalue weighted by molar-refractivity contribution is 0.189. The third kappa shape index (κ3) is 1.77. The van der Waals surface area contributed by atoms with Gasteiger partial charge < -0.3 is 4.74 Å². The van der Waals surface area contributed by atoms with Crippen LogP contribution >= 0.6 is 0 Å². The molecule has 0 spiro atoms. The van der Waals surface area contributed by atoms with Crippen molar-refractivity contribution >= 4 is 10.9 Å². The van der Waals surface area contributed by atoms with Crippen molar-refractivity contribution < 1.29 is 4.74 Å². The van der Waals surface area contributed by atoms with Gasteiger partial charge in [0.2, 0.25) is 0 Å². The van der Waals surface area contributed by atoms with Crippen LogP contribution in [0.3, 0.4) is 0 Å². The molecular weight excluding hydrogens is 176 g/mol. The molecule has 0 atom stereocenters. The SMILES string of the molecule is COCCCn1n[c]c2ccccc21.